The lowest BCUT2D eigenvalue weighted by Gasteiger charge is -2.42. The van der Waals surface area contributed by atoms with Crippen LogP contribution in [0.1, 0.15) is 27.7 Å². The second kappa shape index (κ2) is 4.58. The monoisotopic (exact) mass is 203 g/mol. The normalized spacial score (nSPS) is 15.9. The fraction of sp³-hybridized carbons (Fsp3) is 1.00. The van der Waals surface area contributed by atoms with Crippen molar-refractivity contribution in [2.75, 3.05) is 13.2 Å². The van der Waals surface area contributed by atoms with Crippen molar-refractivity contribution in [3.63, 3.8) is 0 Å². The molecule has 0 heterocycles. The standard InChI is InChI=1S/C10H25NOSi/c1-7-11-9(8-12)13(5,6)10(2,3)4/h9,11-12H,7-8H2,1-6H3. The van der Waals surface area contributed by atoms with Crippen LogP contribution in [0.15, 0.2) is 0 Å². The van der Waals surface area contributed by atoms with Gasteiger partial charge in [0.2, 0.25) is 0 Å². The molecule has 0 spiro atoms. The number of likely N-dealkylation sites (N-methyl/N-ethyl adjacent to an activating group) is 1. The molecule has 0 fully saturated rings. The molecule has 0 aliphatic rings. The summed E-state index contributed by atoms with van der Waals surface area (Å²) < 4.78 is 0. The molecule has 3 heteroatoms. The van der Waals surface area contributed by atoms with Gasteiger partial charge in [-0.25, -0.2) is 0 Å². The molecule has 0 saturated heterocycles. The highest BCUT2D eigenvalue weighted by molar-refractivity contribution is 6.81. The topological polar surface area (TPSA) is 32.3 Å². The van der Waals surface area contributed by atoms with Gasteiger partial charge in [-0.2, -0.15) is 0 Å². The minimum atomic E-state index is -1.42. The minimum absolute atomic E-state index is 0.268. The lowest BCUT2D eigenvalue weighted by molar-refractivity contribution is 0.271. The van der Waals surface area contributed by atoms with Crippen LogP contribution < -0.4 is 5.32 Å². The summed E-state index contributed by atoms with van der Waals surface area (Å²) in [6, 6.07) is 0. The Bertz CT molecular complexity index is 151. The maximum atomic E-state index is 9.33. The molecule has 80 valence electrons. The van der Waals surface area contributed by atoms with E-state index in [2.05, 4.69) is 46.1 Å². The second-order valence-corrected chi connectivity index (χ2v) is 10.9. The van der Waals surface area contributed by atoms with Gasteiger partial charge in [0, 0.05) is 5.67 Å². The van der Waals surface area contributed by atoms with Gasteiger partial charge in [-0.05, 0) is 11.6 Å². The minimum Gasteiger partial charge on any atom is -0.395 e. The third-order valence-electron chi connectivity index (χ3n) is 3.44. The van der Waals surface area contributed by atoms with E-state index in [4.69, 9.17) is 0 Å². The van der Waals surface area contributed by atoms with Gasteiger partial charge in [-0.3, -0.25) is 0 Å². The molecule has 0 aliphatic carbocycles. The lowest BCUT2D eigenvalue weighted by Crippen LogP contribution is -2.58. The van der Waals surface area contributed by atoms with E-state index in [-0.39, 0.29) is 6.61 Å². The predicted molar refractivity (Wildman–Crippen MR) is 61.7 cm³/mol. The van der Waals surface area contributed by atoms with E-state index in [1.54, 1.807) is 0 Å². The Morgan fingerprint density at radius 3 is 2.00 bits per heavy atom. The molecule has 0 rings (SSSR count). The van der Waals surface area contributed by atoms with E-state index < -0.39 is 8.07 Å². The van der Waals surface area contributed by atoms with Crippen LogP contribution in [0, 0.1) is 0 Å². The van der Waals surface area contributed by atoms with Crippen molar-refractivity contribution >= 4 is 8.07 Å². The summed E-state index contributed by atoms with van der Waals surface area (Å²) in [5.41, 5.74) is 0.317. The molecule has 1 unspecified atom stereocenters. The first kappa shape index (κ1) is 13.1. The van der Waals surface area contributed by atoms with Gasteiger partial charge in [0.05, 0.1) is 14.7 Å². The number of hydrogen-bond donors (Lipinski definition) is 2. The molecule has 0 aromatic carbocycles. The highest BCUT2D eigenvalue weighted by Gasteiger charge is 2.41. The number of aliphatic hydroxyl groups excluding tert-OH is 1. The highest BCUT2D eigenvalue weighted by atomic mass is 28.3. The fourth-order valence-corrected chi connectivity index (χ4v) is 3.53. The first-order chi connectivity index (χ1) is 5.77. The summed E-state index contributed by atoms with van der Waals surface area (Å²) in [5, 5.41) is 13.1. The molecule has 0 aromatic heterocycles. The number of aliphatic hydroxyl groups is 1. The van der Waals surface area contributed by atoms with Gasteiger partial charge >= 0.3 is 0 Å². The Labute approximate surface area is 83.7 Å². The van der Waals surface area contributed by atoms with E-state index in [9.17, 15) is 5.11 Å². The molecule has 0 amide bonds. The van der Waals surface area contributed by atoms with Crippen molar-refractivity contribution in [1.29, 1.82) is 0 Å². The summed E-state index contributed by atoms with van der Waals surface area (Å²) in [6.45, 7) is 14.8. The largest absolute Gasteiger partial charge is 0.395 e. The Balaban J connectivity index is 4.56. The number of rotatable bonds is 4. The average Bonchev–Trinajstić information content (AvgIpc) is 1.97. The first-order valence-corrected chi connectivity index (χ1v) is 8.19. The van der Waals surface area contributed by atoms with E-state index in [1.165, 1.54) is 0 Å². The lowest BCUT2D eigenvalue weighted by atomic mass is 10.2. The van der Waals surface area contributed by atoms with E-state index >= 15 is 0 Å². The van der Waals surface area contributed by atoms with Gasteiger partial charge in [-0.1, -0.05) is 40.8 Å². The Kier molecular flexibility index (Phi) is 4.62. The smallest absolute Gasteiger partial charge is 0.0747 e. The van der Waals surface area contributed by atoms with Crippen molar-refractivity contribution < 1.29 is 5.11 Å². The van der Waals surface area contributed by atoms with Crippen LogP contribution >= 0.6 is 0 Å². The second-order valence-electron chi connectivity index (χ2n) is 5.26. The van der Waals surface area contributed by atoms with Crippen LogP contribution in [0.3, 0.4) is 0 Å². The molecule has 1 atom stereocenters. The Morgan fingerprint density at radius 2 is 1.77 bits per heavy atom. The summed E-state index contributed by atoms with van der Waals surface area (Å²) in [5.74, 6) is 0. The first-order valence-electron chi connectivity index (χ1n) is 5.11. The van der Waals surface area contributed by atoms with Gasteiger partial charge in [0.25, 0.3) is 0 Å². The average molecular weight is 203 g/mol. The molecule has 0 radical (unpaired) electrons. The molecule has 2 nitrogen and oxygen atoms in total. The van der Waals surface area contributed by atoms with Crippen molar-refractivity contribution in [2.45, 2.75) is 51.5 Å². The van der Waals surface area contributed by atoms with Crippen LogP contribution in [0.2, 0.25) is 18.1 Å². The van der Waals surface area contributed by atoms with Crippen LogP contribution in [0.25, 0.3) is 0 Å². The Morgan fingerprint density at radius 1 is 1.31 bits per heavy atom. The zero-order valence-corrected chi connectivity index (χ0v) is 10.9. The van der Waals surface area contributed by atoms with Gasteiger partial charge in [-0.15, -0.1) is 0 Å². The van der Waals surface area contributed by atoms with Crippen molar-refractivity contribution in [3.05, 3.63) is 0 Å². The predicted octanol–water partition coefficient (Wildman–Crippen LogP) is 2.00. The van der Waals surface area contributed by atoms with Crippen LogP contribution in [-0.4, -0.2) is 32.0 Å². The molecule has 2 N–H and O–H groups in total. The third-order valence-corrected chi connectivity index (χ3v) is 9.43. The molecule has 0 bridgehead atoms. The van der Waals surface area contributed by atoms with Gasteiger partial charge in [0.1, 0.15) is 0 Å². The Hall–Kier alpha value is 0.137. The van der Waals surface area contributed by atoms with Crippen LogP contribution in [0.4, 0.5) is 0 Å². The molecule has 13 heavy (non-hydrogen) atoms. The highest BCUT2D eigenvalue weighted by Crippen LogP contribution is 2.37. The van der Waals surface area contributed by atoms with Gasteiger partial charge < -0.3 is 10.4 Å². The number of hydrogen-bond acceptors (Lipinski definition) is 2. The SMILES string of the molecule is CCNC(CO)[Si](C)(C)C(C)(C)C. The zero-order chi connectivity index (χ0) is 10.7. The summed E-state index contributed by atoms with van der Waals surface area (Å²) in [4.78, 5) is 0. The van der Waals surface area contributed by atoms with Crippen molar-refractivity contribution in [3.8, 4) is 0 Å². The van der Waals surface area contributed by atoms with E-state index in [1.807, 2.05) is 0 Å². The number of nitrogens with one attached hydrogen (secondary N) is 1. The van der Waals surface area contributed by atoms with E-state index in [0.29, 0.717) is 10.7 Å². The maximum Gasteiger partial charge on any atom is 0.0747 e. The van der Waals surface area contributed by atoms with Crippen LogP contribution in [-0.2, 0) is 0 Å². The van der Waals surface area contributed by atoms with Crippen LogP contribution in [0.5, 0.6) is 0 Å². The van der Waals surface area contributed by atoms with Gasteiger partial charge in [0.15, 0.2) is 0 Å². The third kappa shape index (κ3) is 3.08. The van der Waals surface area contributed by atoms with Crippen molar-refractivity contribution in [2.24, 2.45) is 0 Å². The summed E-state index contributed by atoms with van der Waals surface area (Å²) in [6.07, 6.45) is 0. The molecular weight excluding hydrogens is 178 g/mol. The molecule has 0 aliphatic heterocycles. The quantitative estimate of drug-likeness (QED) is 0.685. The zero-order valence-electron chi connectivity index (χ0n) is 9.94. The molecular formula is C10H25NOSi. The summed E-state index contributed by atoms with van der Waals surface area (Å²) >= 11 is 0. The van der Waals surface area contributed by atoms with E-state index in [0.717, 1.165) is 6.54 Å². The molecule has 0 aromatic rings. The maximum absolute atomic E-state index is 9.33. The fourth-order valence-electron chi connectivity index (χ4n) is 1.32. The van der Waals surface area contributed by atoms with Crippen molar-refractivity contribution in [1.82, 2.24) is 5.32 Å². The summed E-state index contributed by atoms with van der Waals surface area (Å²) in [7, 11) is -1.42. The molecule has 0 saturated carbocycles.